The number of nitrogens with one attached hydrogen (secondary N) is 1. The molecule has 0 aliphatic carbocycles. The van der Waals surface area contributed by atoms with Gasteiger partial charge in [-0.2, -0.15) is 0 Å². The maximum Gasteiger partial charge on any atom is 0.00106 e. The third-order valence-electron chi connectivity index (χ3n) is 3.88. The lowest BCUT2D eigenvalue weighted by molar-refractivity contribution is 1.19. The summed E-state index contributed by atoms with van der Waals surface area (Å²) in [5, 5.41) is 3.17. The van der Waals surface area contributed by atoms with E-state index in [1.165, 1.54) is 27.8 Å². The summed E-state index contributed by atoms with van der Waals surface area (Å²) < 4.78 is 0. The summed E-state index contributed by atoms with van der Waals surface area (Å²) in [7, 11) is 0. The molecule has 0 bridgehead atoms. The van der Waals surface area contributed by atoms with Crippen LogP contribution in [0.1, 0.15) is 25.0 Å². The fourth-order valence-electron chi connectivity index (χ4n) is 2.56. The third-order valence-corrected chi connectivity index (χ3v) is 3.88. The first kappa shape index (κ1) is 17.6. The first-order chi connectivity index (χ1) is 11.8. The molecule has 2 rings (SSSR count). The Bertz CT molecular complexity index is 765. The normalized spacial score (nSPS) is 24.0. The van der Waals surface area contributed by atoms with Crippen LogP contribution in [-0.4, -0.2) is 0 Å². The molecule has 0 radical (unpaired) electrons. The average molecular weight is 315 g/mol. The standard InChI is InChI=1S/C23H25N/c1-4-20-13-8-6-7-11-16-24-17-15-22(20)18-21(5-2)23-14-10-9-12-19(23)3/h4-18,24H,1-3H3/b7-6-,13-8-,16-11+,17-15+,20-4-,21-5-,22-18-. The molecule has 0 atom stereocenters. The molecule has 1 heterocycles. The summed E-state index contributed by atoms with van der Waals surface area (Å²) in [4.78, 5) is 0. The average Bonchev–Trinajstić information content (AvgIpc) is 2.65. The highest BCUT2D eigenvalue weighted by atomic mass is 14.8. The molecule has 0 amide bonds. The number of allylic oxidation sites excluding steroid dienone is 12. The van der Waals surface area contributed by atoms with Gasteiger partial charge in [-0.1, -0.05) is 60.7 Å². The second-order valence-electron chi connectivity index (χ2n) is 5.51. The van der Waals surface area contributed by atoms with Crippen molar-refractivity contribution in [3.63, 3.8) is 0 Å². The Hall–Kier alpha value is -2.80. The summed E-state index contributed by atoms with van der Waals surface area (Å²) >= 11 is 0. The lowest BCUT2D eigenvalue weighted by Gasteiger charge is -2.10. The zero-order chi connectivity index (χ0) is 17.2. The second kappa shape index (κ2) is 9.36. The zero-order valence-corrected chi connectivity index (χ0v) is 14.7. The van der Waals surface area contributed by atoms with Gasteiger partial charge in [0.25, 0.3) is 0 Å². The van der Waals surface area contributed by atoms with E-state index in [0.717, 1.165) is 0 Å². The lowest BCUT2D eigenvalue weighted by atomic mass is 9.95. The van der Waals surface area contributed by atoms with Crippen LogP contribution in [0.4, 0.5) is 0 Å². The molecule has 122 valence electrons. The van der Waals surface area contributed by atoms with Crippen LogP contribution in [0.5, 0.6) is 0 Å². The van der Waals surface area contributed by atoms with Crippen LogP contribution in [0.25, 0.3) is 5.57 Å². The number of hydrogen-bond donors (Lipinski definition) is 1. The van der Waals surface area contributed by atoms with Gasteiger partial charge in [-0.15, -0.1) is 0 Å². The minimum Gasteiger partial charge on any atom is -0.368 e. The molecular weight excluding hydrogens is 290 g/mol. The minimum atomic E-state index is 1.17. The topological polar surface area (TPSA) is 12.0 Å². The molecule has 24 heavy (non-hydrogen) atoms. The zero-order valence-electron chi connectivity index (χ0n) is 14.7. The first-order valence-corrected chi connectivity index (χ1v) is 8.29. The smallest absolute Gasteiger partial charge is 0.00106 e. The van der Waals surface area contributed by atoms with Gasteiger partial charge in [0.2, 0.25) is 0 Å². The maximum atomic E-state index is 3.17. The van der Waals surface area contributed by atoms with E-state index in [9.17, 15) is 0 Å². The van der Waals surface area contributed by atoms with Gasteiger partial charge >= 0.3 is 0 Å². The van der Waals surface area contributed by atoms with Crippen molar-refractivity contribution in [2.24, 2.45) is 0 Å². The van der Waals surface area contributed by atoms with Crippen LogP contribution in [0.2, 0.25) is 0 Å². The van der Waals surface area contributed by atoms with E-state index in [1.54, 1.807) is 0 Å². The van der Waals surface area contributed by atoms with Gasteiger partial charge in [0, 0.05) is 12.4 Å². The molecule has 1 aliphatic heterocycles. The molecule has 1 heteroatoms. The minimum absolute atomic E-state index is 1.17. The monoisotopic (exact) mass is 315 g/mol. The van der Waals surface area contributed by atoms with Crippen LogP contribution in [-0.2, 0) is 0 Å². The van der Waals surface area contributed by atoms with Gasteiger partial charge in [0.15, 0.2) is 0 Å². The quantitative estimate of drug-likeness (QED) is 0.704. The summed E-state index contributed by atoms with van der Waals surface area (Å²) in [5.74, 6) is 0. The van der Waals surface area contributed by atoms with E-state index in [2.05, 4.69) is 86.8 Å². The highest BCUT2D eigenvalue weighted by Crippen LogP contribution is 2.24. The molecule has 0 saturated carbocycles. The highest BCUT2D eigenvalue weighted by molar-refractivity contribution is 5.78. The van der Waals surface area contributed by atoms with E-state index in [4.69, 9.17) is 0 Å². The predicted molar refractivity (Wildman–Crippen MR) is 106 cm³/mol. The van der Waals surface area contributed by atoms with Crippen molar-refractivity contribution in [1.82, 2.24) is 5.32 Å². The molecule has 0 unspecified atom stereocenters. The van der Waals surface area contributed by atoms with Gasteiger partial charge in [-0.3, -0.25) is 0 Å². The van der Waals surface area contributed by atoms with Gasteiger partial charge in [-0.05, 0) is 66.8 Å². The Balaban J connectivity index is 2.48. The molecule has 0 fully saturated rings. The summed E-state index contributed by atoms with van der Waals surface area (Å²) in [5.41, 5.74) is 6.13. The van der Waals surface area contributed by atoms with E-state index >= 15 is 0 Å². The Kier molecular flexibility index (Phi) is 6.85. The molecule has 0 saturated heterocycles. The molecule has 0 spiro atoms. The highest BCUT2D eigenvalue weighted by Gasteiger charge is 2.04. The van der Waals surface area contributed by atoms with Crippen molar-refractivity contribution >= 4 is 5.57 Å². The largest absolute Gasteiger partial charge is 0.368 e. The fourth-order valence-corrected chi connectivity index (χ4v) is 2.56. The molecule has 1 N–H and O–H groups in total. The summed E-state index contributed by atoms with van der Waals surface area (Å²) in [6.45, 7) is 6.31. The molecular formula is C23H25N. The van der Waals surface area contributed by atoms with Gasteiger partial charge in [0.05, 0.1) is 0 Å². The van der Waals surface area contributed by atoms with Crippen molar-refractivity contribution in [2.45, 2.75) is 20.8 Å². The van der Waals surface area contributed by atoms with Gasteiger partial charge in [-0.25, -0.2) is 0 Å². The Morgan fingerprint density at radius 2 is 1.67 bits per heavy atom. The van der Waals surface area contributed by atoms with Crippen molar-refractivity contribution in [2.75, 3.05) is 0 Å². The van der Waals surface area contributed by atoms with E-state index < -0.39 is 0 Å². The van der Waals surface area contributed by atoms with Crippen LogP contribution in [0.3, 0.4) is 0 Å². The predicted octanol–water partition coefficient (Wildman–Crippen LogP) is 6.01. The number of hydrogen-bond acceptors (Lipinski definition) is 1. The molecule has 0 aromatic heterocycles. The molecule has 1 aromatic carbocycles. The second-order valence-corrected chi connectivity index (χ2v) is 5.51. The summed E-state index contributed by atoms with van der Waals surface area (Å²) in [6.07, 6.45) is 22.7. The van der Waals surface area contributed by atoms with E-state index in [-0.39, 0.29) is 0 Å². The van der Waals surface area contributed by atoms with Crippen molar-refractivity contribution in [1.29, 1.82) is 0 Å². The Morgan fingerprint density at radius 1 is 0.875 bits per heavy atom. The first-order valence-electron chi connectivity index (χ1n) is 8.29. The van der Waals surface area contributed by atoms with E-state index in [0.29, 0.717) is 0 Å². The maximum absolute atomic E-state index is 3.17. The molecule has 1 aromatic rings. The Morgan fingerprint density at radius 3 is 2.42 bits per heavy atom. The third kappa shape index (κ3) is 4.85. The van der Waals surface area contributed by atoms with Crippen LogP contribution < -0.4 is 5.32 Å². The lowest BCUT2D eigenvalue weighted by Crippen LogP contribution is -1.93. The van der Waals surface area contributed by atoms with Crippen molar-refractivity contribution in [3.8, 4) is 0 Å². The number of aryl methyl sites for hydroxylation is 1. The van der Waals surface area contributed by atoms with Crippen LogP contribution in [0, 0.1) is 6.92 Å². The molecule has 1 aliphatic rings. The van der Waals surface area contributed by atoms with Crippen LogP contribution in [0.15, 0.2) is 102 Å². The van der Waals surface area contributed by atoms with Crippen LogP contribution >= 0.6 is 0 Å². The fraction of sp³-hybridized carbons (Fsp3) is 0.130. The van der Waals surface area contributed by atoms with E-state index in [1.807, 2.05) is 30.6 Å². The SMILES string of the molecule is C/C=C1/C=C\C=C/C=C/N/C=C/C1=C/C(=C/C)c1ccccc1C. The number of benzene rings is 1. The number of rotatable bonds is 2. The van der Waals surface area contributed by atoms with Gasteiger partial charge < -0.3 is 5.32 Å². The van der Waals surface area contributed by atoms with Gasteiger partial charge in [0.1, 0.15) is 0 Å². The molecule has 1 nitrogen and oxygen atoms in total. The van der Waals surface area contributed by atoms with Crippen molar-refractivity contribution < 1.29 is 0 Å². The van der Waals surface area contributed by atoms with Crippen molar-refractivity contribution in [3.05, 3.63) is 114 Å². The Labute approximate surface area is 145 Å². The summed E-state index contributed by atoms with van der Waals surface area (Å²) in [6, 6.07) is 8.49.